The number of benzene rings is 1. The van der Waals surface area contributed by atoms with E-state index in [1.54, 1.807) is 6.20 Å². The summed E-state index contributed by atoms with van der Waals surface area (Å²) in [4.78, 5) is 29.0. The average Bonchev–Trinajstić information content (AvgIpc) is 3.72. The van der Waals surface area contributed by atoms with Crippen molar-refractivity contribution in [1.29, 1.82) is 0 Å². The molecule has 4 aliphatic rings. The fraction of sp³-hybridized carbons (Fsp3) is 0.519. The molecule has 0 bridgehead atoms. The third kappa shape index (κ3) is 4.83. The number of fused-ring (bicyclic) bond motifs is 2. The number of rotatable bonds is 7. The van der Waals surface area contributed by atoms with E-state index in [0.29, 0.717) is 71.5 Å². The minimum atomic E-state index is -0.100. The SMILES string of the molecule is O=CN1CCC(N2CCOCC2)CC1c1ccc(Nc2nc(NC3CC3)c3c(Cl)c[nH]c3n2)c2c1OCCO2. The van der Waals surface area contributed by atoms with Crippen molar-refractivity contribution in [3.05, 3.63) is 28.9 Å². The number of aromatic amines is 1. The second-order valence-electron chi connectivity index (χ2n) is 10.5. The van der Waals surface area contributed by atoms with E-state index in [4.69, 9.17) is 30.8 Å². The lowest BCUT2D eigenvalue weighted by molar-refractivity contribution is -0.123. The summed E-state index contributed by atoms with van der Waals surface area (Å²) in [5.41, 5.74) is 2.33. The monoisotopic (exact) mass is 553 g/mol. The van der Waals surface area contributed by atoms with Crippen molar-refractivity contribution in [3.8, 4) is 11.5 Å². The molecule has 1 saturated carbocycles. The molecule has 2 unspecified atom stereocenters. The molecular weight excluding hydrogens is 522 g/mol. The Balaban J connectivity index is 1.21. The van der Waals surface area contributed by atoms with Crippen LogP contribution < -0.4 is 20.1 Å². The summed E-state index contributed by atoms with van der Waals surface area (Å²) in [6.45, 7) is 4.94. The Morgan fingerprint density at radius 3 is 2.64 bits per heavy atom. The van der Waals surface area contributed by atoms with Crippen molar-refractivity contribution >= 4 is 46.5 Å². The first-order valence-corrected chi connectivity index (χ1v) is 14.1. The van der Waals surface area contributed by atoms with E-state index < -0.39 is 0 Å². The highest BCUT2D eigenvalue weighted by Crippen LogP contribution is 2.47. The van der Waals surface area contributed by atoms with Crippen LogP contribution in [0.5, 0.6) is 11.5 Å². The van der Waals surface area contributed by atoms with Gasteiger partial charge in [0.15, 0.2) is 11.5 Å². The van der Waals surface area contributed by atoms with Crippen molar-refractivity contribution in [2.45, 2.75) is 43.8 Å². The molecule has 1 amide bonds. The summed E-state index contributed by atoms with van der Waals surface area (Å²) in [6, 6.07) is 4.69. The quantitative estimate of drug-likeness (QED) is 0.376. The van der Waals surface area contributed by atoms with Gasteiger partial charge < -0.3 is 34.7 Å². The number of amides is 1. The number of ether oxygens (including phenoxy) is 3. The summed E-state index contributed by atoms with van der Waals surface area (Å²) < 4.78 is 17.9. The molecule has 3 aliphatic heterocycles. The maximum atomic E-state index is 12.1. The zero-order chi connectivity index (χ0) is 26.3. The Morgan fingerprint density at radius 2 is 1.85 bits per heavy atom. The second-order valence-corrected chi connectivity index (χ2v) is 10.9. The van der Waals surface area contributed by atoms with Gasteiger partial charge in [0.05, 0.1) is 35.4 Å². The molecule has 12 heteroatoms. The number of nitrogens with one attached hydrogen (secondary N) is 3. The van der Waals surface area contributed by atoms with Crippen molar-refractivity contribution in [2.24, 2.45) is 0 Å². The van der Waals surface area contributed by atoms with E-state index in [9.17, 15) is 4.79 Å². The minimum absolute atomic E-state index is 0.100. The van der Waals surface area contributed by atoms with Gasteiger partial charge in [-0.15, -0.1) is 0 Å². The lowest BCUT2D eigenvalue weighted by Gasteiger charge is -2.44. The molecule has 2 saturated heterocycles. The smallest absolute Gasteiger partial charge is 0.231 e. The van der Waals surface area contributed by atoms with Crippen LogP contribution in [0.2, 0.25) is 5.02 Å². The van der Waals surface area contributed by atoms with Gasteiger partial charge in [-0.05, 0) is 31.7 Å². The zero-order valence-corrected chi connectivity index (χ0v) is 22.4. The van der Waals surface area contributed by atoms with E-state index in [0.717, 1.165) is 69.3 Å². The predicted octanol–water partition coefficient (Wildman–Crippen LogP) is 3.69. The van der Waals surface area contributed by atoms with Crippen LogP contribution in [0.4, 0.5) is 17.5 Å². The van der Waals surface area contributed by atoms with Gasteiger partial charge in [0.1, 0.15) is 24.7 Å². The summed E-state index contributed by atoms with van der Waals surface area (Å²) in [6.07, 6.45) is 6.70. The number of morpholine rings is 1. The van der Waals surface area contributed by atoms with Crippen LogP contribution in [-0.4, -0.2) is 89.3 Å². The number of likely N-dealkylation sites (tertiary alicyclic amines) is 1. The van der Waals surface area contributed by atoms with E-state index in [2.05, 4.69) is 25.5 Å². The Bertz CT molecular complexity index is 1370. The standard InChI is InChI=1S/C27H32ClN7O4/c28-19-14-29-25-22(19)26(30-16-1-2-16)33-27(32-25)31-20-4-3-18(23-24(20)39-12-11-38-23)21-13-17(5-6-35(21)15-36)34-7-9-37-10-8-34/h3-4,14-17,21H,1-2,5-13H2,(H3,29,30,31,32,33). The van der Waals surface area contributed by atoms with E-state index in [1.807, 2.05) is 17.0 Å². The van der Waals surface area contributed by atoms with Crippen LogP contribution in [0.3, 0.4) is 0 Å². The Morgan fingerprint density at radius 1 is 1.03 bits per heavy atom. The first-order chi connectivity index (χ1) is 19.2. The fourth-order valence-electron chi connectivity index (χ4n) is 5.89. The van der Waals surface area contributed by atoms with E-state index in [-0.39, 0.29) is 6.04 Å². The number of aromatic nitrogens is 3. The van der Waals surface area contributed by atoms with Crippen molar-refractivity contribution in [3.63, 3.8) is 0 Å². The highest BCUT2D eigenvalue weighted by atomic mass is 35.5. The van der Waals surface area contributed by atoms with Gasteiger partial charge in [0, 0.05) is 43.5 Å². The molecule has 0 radical (unpaired) electrons. The molecule has 3 fully saturated rings. The van der Waals surface area contributed by atoms with Crippen LogP contribution >= 0.6 is 11.6 Å². The van der Waals surface area contributed by atoms with Crippen molar-refractivity contribution < 1.29 is 19.0 Å². The zero-order valence-electron chi connectivity index (χ0n) is 21.6. The highest BCUT2D eigenvalue weighted by molar-refractivity contribution is 6.36. The summed E-state index contributed by atoms with van der Waals surface area (Å²) in [7, 11) is 0. The number of nitrogens with zero attached hydrogens (tertiary/aromatic N) is 4. The van der Waals surface area contributed by atoms with Gasteiger partial charge >= 0.3 is 0 Å². The number of halogens is 1. The Hall–Kier alpha value is -3.28. The molecule has 1 aromatic carbocycles. The molecular formula is C27H32ClN7O4. The number of carbonyl (C=O) groups is 1. The average molecular weight is 554 g/mol. The molecule has 0 spiro atoms. The molecule has 3 N–H and O–H groups in total. The minimum Gasteiger partial charge on any atom is -0.486 e. The number of carbonyl (C=O) groups excluding carboxylic acids is 1. The predicted molar refractivity (Wildman–Crippen MR) is 147 cm³/mol. The van der Waals surface area contributed by atoms with Crippen LogP contribution in [0, 0.1) is 0 Å². The number of H-pyrrole nitrogens is 1. The second kappa shape index (κ2) is 10.4. The first kappa shape index (κ1) is 24.7. The van der Waals surface area contributed by atoms with Gasteiger partial charge in [-0.3, -0.25) is 9.69 Å². The number of piperidine rings is 1. The third-order valence-corrected chi connectivity index (χ3v) is 8.34. The summed E-state index contributed by atoms with van der Waals surface area (Å²) in [5, 5.41) is 8.18. The van der Waals surface area contributed by atoms with Crippen LogP contribution in [0.1, 0.15) is 37.3 Å². The molecule has 206 valence electrons. The van der Waals surface area contributed by atoms with Crippen LogP contribution in [0.15, 0.2) is 18.3 Å². The van der Waals surface area contributed by atoms with E-state index >= 15 is 0 Å². The summed E-state index contributed by atoms with van der Waals surface area (Å²) >= 11 is 6.42. The van der Waals surface area contributed by atoms with Gasteiger partial charge in [-0.2, -0.15) is 9.97 Å². The number of hydrogen-bond acceptors (Lipinski definition) is 9. The van der Waals surface area contributed by atoms with Crippen LogP contribution in [0.25, 0.3) is 11.0 Å². The fourth-order valence-corrected chi connectivity index (χ4v) is 6.12. The van der Waals surface area contributed by atoms with Crippen molar-refractivity contribution in [2.75, 3.05) is 56.7 Å². The lowest BCUT2D eigenvalue weighted by atomic mass is 9.90. The van der Waals surface area contributed by atoms with Crippen LogP contribution in [-0.2, 0) is 9.53 Å². The van der Waals surface area contributed by atoms with Gasteiger partial charge in [0.25, 0.3) is 0 Å². The largest absolute Gasteiger partial charge is 0.486 e. The van der Waals surface area contributed by atoms with Gasteiger partial charge in [0.2, 0.25) is 12.4 Å². The number of hydrogen-bond donors (Lipinski definition) is 3. The molecule has 2 atom stereocenters. The molecule has 39 heavy (non-hydrogen) atoms. The highest BCUT2D eigenvalue weighted by Gasteiger charge is 2.36. The molecule has 11 nitrogen and oxygen atoms in total. The third-order valence-electron chi connectivity index (χ3n) is 8.04. The summed E-state index contributed by atoms with van der Waals surface area (Å²) in [5.74, 6) is 2.42. The van der Waals surface area contributed by atoms with Gasteiger partial charge in [-0.1, -0.05) is 17.7 Å². The Labute approximate surface area is 231 Å². The molecule has 1 aliphatic carbocycles. The number of anilines is 3. The molecule has 5 heterocycles. The maximum Gasteiger partial charge on any atom is 0.231 e. The maximum absolute atomic E-state index is 12.1. The van der Waals surface area contributed by atoms with Crippen molar-refractivity contribution in [1.82, 2.24) is 24.8 Å². The molecule has 3 aromatic rings. The topological polar surface area (TPSA) is 117 Å². The normalized spacial score (nSPS) is 23.6. The van der Waals surface area contributed by atoms with Gasteiger partial charge in [-0.25, -0.2) is 0 Å². The Kier molecular flexibility index (Phi) is 6.57. The molecule has 7 rings (SSSR count). The van der Waals surface area contributed by atoms with E-state index in [1.165, 1.54) is 0 Å². The molecule has 2 aromatic heterocycles. The first-order valence-electron chi connectivity index (χ1n) is 13.7. The lowest BCUT2D eigenvalue weighted by Crippen LogP contribution is -2.49.